The standard InChI is InChI=1S/C25H33N5S/c1-28-13-10-21-22(17-28)31-25-23(21)24(26)30(18-27-25)12-5-11-29-14-8-20(9-15-29)16-19-6-3-2-4-7-19/h2-4,6-7,18,20,26H,5,8-17H2,1H3. The maximum absolute atomic E-state index is 8.80. The average molecular weight is 436 g/mol. The van der Waals surface area contributed by atoms with Gasteiger partial charge in [-0.25, -0.2) is 4.98 Å². The molecule has 2 aliphatic heterocycles. The van der Waals surface area contributed by atoms with Gasteiger partial charge in [-0.3, -0.25) is 5.41 Å². The van der Waals surface area contributed by atoms with Crippen molar-refractivity contribution in [1.82, 2.24) is 19.4 Å². The van der Waals surface area contributed by atoms with E-state index in [-0.39, 0.29) is 0 Å². The number of hydrogen-bond donors (Lipinski definition) is 1. The molecule has 1 fully saturated rings. The maximum Gasteiger partial charge on any atom is 0.136 e. The summed E-state index contributed by atoms with van der Waals surface area (Å²) in [6.07, 6.45) is 7.84. The molecule has 164 valence electrons. The van der Waals surface area contributed by atoms with Gasteiger partial charge in [0.05, 0.1) is 11.7 Å². The van der Waals surface area contributed by atoms with Crippen LogP contribution in [0.1, 0.15) is 35.3 Å². The molecule has 31 heavy (non-hydrogen) atoms. The smallest absolute Gasteiger partial charge is 0.136 e. The number of fused-ring (bicyclic) bond motifs is 3. The Kier molecular flexibility index (Phi) is 6.21. The fourth-order valence-electron chi connectivity index (χ4n) is 5.17. The maximum atomic E-state index is 8.80. The van der Waals surface area contributed by atoms with Crippen molar-refractivity contribution in [2.45, 2.75) is 45.2 Å². The Bertz CT molecular complexity index is 1080. The summed E-state index contributed by atoms with van der Waals surface area (Å²) in [6.45, 7) is 6.49. The molecular formula is C25H33N5S. The predicted octanol–water partition coefficient (Wildman–Crippen LogP) is 3.91. The van der Waals surface area contributed by atoms with Crippen LogP contribution in [0.2, 0.25) is 0 Å². The van der Waals surface area contributed by atoms with E-state index in [0.717, 1.165) is 55.2 Å². The van der Waals surface area contributed by atoms with Crippen LogP contribution in [0.3, 0.4) is 0 Å². The number of aromatic nitrogens is 2. The van der Waals surface area contributed by atoms with Crippen LogP contribution in [-0.2, 0) is 25.9 Å². The zero-order chi connectivity index (χ0) is 21.2. The second-order valence-electron chi connectivity index (χ2n) is 9.29. The Morgan fingerprint density at radius 1 is 1.10 bits per heavy atom. The molecule has 0 amide bonds. The van der Waals surface area contributed by atoms with Gasteiger partial charge in [-0.2, -0.15) is 0 Å². The van der Waals surface area contributed by atoms with Gasteiger partial charge in [-0.1, -0.05) is 30.3 Å². The predicted molar refractivity (Wildman–Crippen MR) is 127 cm³/mol. The first-order chi connectivity index (χ1) is 15.2. The van der Waals surface area contributed by atoms with E-state index >= 15 is 0 Å². The van der Waals surface area contributed by atoms with Crippen LogP contribution >= 0.6 is 11.3 Å². The van der Waals surface area contributed by atoms with Crippen molar-refractivity contribution in [3.05, 3.63) is 58.2 Å². The van der Waals surface area contributed by atoms with Gasteiger partial charge in [-0.15, -0.1) is 11.3 Å². The summed E-state index contributed by atoms with van der Waals surface area (Å²) in [5.74, 6) is 0.822. The number of nitrogens with zero attached hydrogens (tertiary/aromatic N) is 4. The molecule has 0 spiro atoms. The molecule has 1 saturated heterocycles. The zero-order valence-electron chi connectivity index (χ0n) is 18.5. The number of hydrogen-bond acceptors (Lipinski definition) is 5. The summed E-state index contributed by atoms with van der Waals surface area (Å²) in [5.41, 5.74) is 3.52. The highest BCUT2D eigenvalue weighted by Crippen LogP contribution is 2.31. The fourth-order valence-corrected chi connectivity index (χ4v) is 6.44. The molecule has 1 N–H and O–H groups in total. The minimum atomic E-state index is 0.661. The molecule has 0 bridgehead atoms. The molecule has 5 rings (SSSR count). The van der Waals surface area contributed by atoms with E-state index in [1.807, 2.05) is 6.33 Å². The van der Waals surface area contributed by atoms with Crippen LogP contribution in [0, 0.1) is 11.3 Å². The molecule has 0 saturated carbocycles. The number of aryl methyl sites for hydroxylation is 1. The van der Waals surface area contributed by atoms with E-state index in [0.29, 0.717) is 5.49 Å². The molecule has 0 atom stereocenters. The van der Waals surface area contributed by atoms with Gasteiger partial charge < -0.3 is 14.4 Å². The summed E-state index contributed by atoms with van der Waals surface area (Å²) in [5, 5.41) is 9.91. The molecular weight excluding hydrogens is 402 g/mol. The van der Waals surface area contributed by atoms with E-state index in [4.69, 9.17) is 10.4 Å². The molecule has 5 nitrogen and oxygen atoms in total. The fraction of sp³-hybridized carbons (Fsp3) is 0.520. The lowest BCUT2D eigenvalue weighted by Gasteiger charge is -2.32. The first-order valence-electron chi connectivity index (χ1n) is 11.7. The van der Waals surface area contributed by atoms with Crippen molar-refractivity contribution in [2.24, 2.45) is 5.92 Å². The van der Waals surface area contributed by atoms with E-state index in [2.05, 4.69) is 51.7 Å². The minimum Gasteiger partial charge on any atom is -0.317 e. The molecule has 2 aliphatic rings. The number of rotatable bonds is 6. The first-order valence-corrected chi connectivity index (χ1v) is 12.5. The van der Waals surface area contributed by atoms with Gasteiger partial charge >= 0.3 is 0 Å². The van der Waals surface area contributed by atoms with E-state index in [1.165, 1.54) is 48.4 Å². The Hall–Kier alpha value is -2.02. The average Bonchev–Trinajstić information content (AvgIpc) is 3.15. The van der Waals surface area contributed by atoms with Crippen molar-refractivity contribution in [2.75, 3.05) is 33.2 Å². The lowest BCUT2D eigenvalue weighted by atomic mass is 9.90. The Morgan fingerprint density at radius 2 is 1.90 bits per heavy atom. The third-order valence-electron chi connectivity index (χ3n) is 7.02. The van der Waals surface area contributed by atoms with Crippen LogP contribution in [-0.4, -0.2) is 52.6 Å². The molecule has 6 heteroatoms. The van der Waals surface area contributed by atoms with E-state index in [1.54, 1.807) is 11.3 Å². The van der Waals surface area contributed by atoms with Crippen LogP contribution in [0.15, 0.2) is 36.7 Å². The Labute approximate surface area is 188 Å². The van der Waals surface area contributed by atoms with Crippen molar-refractivity contribution in [3.8, 4) is 0 Å². The number of benzene rings is 1. The van der Waals surface area contributed by atoms with Crippen molar-refractivity contribution >= 4 is 21.6 Å². The number of likely N-dealkylation sites (tertiary alicyclic amines) is 1. The minimum absolute atomic E-state index is 0.661. The number of nitrogens with one attached hydrogen (secondary N) is 1. The molecule has 0 unspecified atom stereocenters. The topological polar surface area (TPSA) is 48.2 Å². The second kappa shape index (κ2) is 9.23. The number of thiophene rings is 1. The highest BCUT2D eigenvalue weighted by Gasteiger charge is 2.22. The molecule has 2 aromatic heterocycles. The van der Waals surface area contributed by atoms with Crippen molar-refractivity contribution < 1.29 is 0 Å². The Balaban J connectivity index is 1.15. The monoisotopic (exact) mass is 435 g/mol. The van der Waals surface area contributed by atoms with Crippen LogP contribution in [0.4, 0.5) is 0 Å². The number of likely N-dealkylation sites (N-methyl/N-ethyl adjacent to an activating group) is 1. The van der Waals surface area contributed by atoms with Crippen LogP contribution < -0.4 is 5.49 Å². The van der Waals surface area contributed by atoms with Gasteiger partial charge in [0.15, 0.2) is 0 Å². The van der Waals surface area contributed by atoms with Gasteiger partial charge in [0.2, 0.25) is 0 Å². The summed E-state index contributed by atoms with van der Waals surface area (Å²) < 4.78 is 2.07. The largest absolute Gasteiger partial charge is 0.317 e. The second-order valence-corrected chi connectivity index (χ2v) is 10.4. The molecule has 3 aromatic rings. The quantitative estimate of drug-likeness (QED) is 0.639. The number of piperidine rings is 1. The van der Waals surface area contributed by atoms with Gasteiger partial charge in [0.1, 0.15) is 10.3 Å². The zero-order valence-corrected chi connectivity index (χ0v) is 19.3. The van der Waals surface area contributed by atoms with Crippen LogP contribution in [0.25, 0.3) is 10.2 Å². The SMILES string of the molecule is CN1CCc2c(sc3ncn(CCCN4CCC(Cc5ccccc5)CC4)c(=N)c23)C1. The summed E-state index contributed by atoms with van der Waals surface area (Å²) in [6, 6.07) is 10.9. The molecule has 0 aliphatic carbocycles. The lowest BCUT2D eigenvalue weighted by Crippen LogP contribution is -2.35. The third-order valence-corrected chi connectivity index (χ3v) is 8.14. The first kappa shape index (κ1) is 20.9. The van der Waals surface area contributed by atoms with Crippen LogP contribution in [0.5, 0.6) is 0 Å². The van der Waals surface area contributed by atoms with Gasteiger partial charge in [-0.05, 0) is 75.8 Å². The lowest BCUT2D eigenvalue weighted by molar-refractivity contribution is 0.180. The highest BCUT2D eigenvalue weighted by atomic mass is 32.1. The van der Waals surface area contributed by atoms with E-state index in [9.17, 15) is 0 Å². The van der Waals surface area contributed by atoms with Crippen molar-refractivity contribution in [1.29, 1.82) is 5.41 Å². The summed E-state index contributed by atoms with van der Waals surface area (Å²) in [4.78, 5) is 12.1. The summed E-state index contributed by atoms with van der Waals surface area (Å²) in [7, 11) is 2.17. The highest BCUT2D eigenvalue weighted by molar-refractivity contribution is 7.18. The van der Waals surface area contributed by atoms with Gasteiger partial charge in [0.25, 0.3) is 0 Å². The molecule has 0 radical (unpaired) electrons. The third kappa shape index (κ3) is 4.61. The molecule has 4 heterocycles. The van der Waals surface area contributed by atoms with Gasteiger partial charge in [0, 0.05) is 24.5 Å². The summed E-state index contributed by atoms with van der Waals surface area (Å²) >= 11 is 1.78. The van der Waals surface area contributed by atoms with E-state index < -0.39 is 0 Å². The Morgan fingerprint density at radius 3 is 2.71 bits per heavy atom. The normalized spacial score (nSPS) is 18.5. The van der Waals surface area contributed by atoms with Crippen molar-refractivity contribution in [3.63, 3.8) is 0 Å². The molecule has 1 aromatic carbocycles.